The van der Waals surface area contributed by atoms with Crippen molar-refractivity contribution in [3.63, 3.8) is 0 Å². The average Bonchev–Trinajstić information content (AvgIpc) is 2.19. The molecule has 76 valence electrons. The second-order valence-corrected chi connectivity index (χ2v) is 5.96. The molecule has 1 aromatic carbocycles. The molecule has 0 spiro atoms. The zero-order chi connectivity index (χ0) is 9.80. The van der Waals surface area contributed by atoms with Gasteiger partial charge in [0.1, 0.15) is 0 Å². The Labute approximate surface area is 103 Å². The molecule has 0 radical (unpaired) electrons. The quantitative estimate of drug-likeness (QED) is 0.836. The molecule has 1 saturated heterocycles. The highest BCUT2D eigenvalue weighted by Gasteiger charge is 2.12. The van der Waals surface area contributed by atoms with E-state index in [1.165, 1.54) is 33.6 Å². The number of rotatable bonds is 2. The third kappa shape index (κ3) is 3.05. The molecule has 0 unspecified atom stereocenters. The largest absolute Gasteiger partial charge is 0.381 e. The summed E-state index contributed by atoms with van der Waals surface area (Å²) in [5.41, 5.74) is 1.27. The fourth-order valence-corrected chi connectivity index (χ4v) is 3.28. The first-order valence-electron chi connectivity index (χ1n) is 4.94. The van der Waals surface area contributed by atoms with Gasteiger partial charge in [-0.05, 0) is 59.4 Å². The smallest absolute Gasteiger partial charge is 0.0353 e. The van der Waals surface area contributed by atoms with E-state index in [0.717, 1.165) is 0 Å². The maximum atomic E-state index is 3.60. The number of thioether (sulfide) groups is 1. The summed E-state index contributed by atoms with van der Waals surface area (Å²) in [5.74, 6) is 2.59. The fraction of sp³-hybridized carbons (Fsp3) is 0.455. The van der Waals surface area contributed by atoms with Crippen LogP contribution in [0.25, 0.3) is 0 Å². The highest BCUT2D eigenvalue weighted by molar-refractivity contribution is 14.1. The average molecular weight is 319 g/mol. The molecule has 1 N–H and O–H groups in total. The van der Waals surface area contributed by atoms with E-state index in [-0.39, 0.29) is 0 Å². The Morgan fingerprint density at radius 2 is 2.36 bits per heavy atom. The summed E-state index contributed by atoms with van der Waals surface area (Å²) in [4.78, 5) is 0. The van der Waals surface area contributed by atoms with Gasteiger partial charge in [-0.3, -0.25) is 0 Å². The zero-order valence-corrected chi connectivity index (χ0v) is 11.0. The maximum Gasteiger partial charge on any atom is 0.0353 e. The van der Waals surface area contributed by atoms with Crippen LogP contribution in [-0.2, 0) is 0 Å². The van der Waals surface area contributed by atoms with Crippen molar-refractivity contribution in [2.24, 2.45) is 0 Å². The maximum absolute atomic E-state index is 3.60. The van der Waals surface area contributed by atoms with Crippen molar-refractivity contribution in [2.45, 2.75) is 18.9 Å². The van der Waals surface area contributed by atoms with Crippen LogP contribution in [0.5, 0.6) is 0 Å². The Bertz CT molecular complexity index is 297. The fourth-order valence-electron chi connectivity index (χ4n) is 1.67. The molecule has 1 aromatic rings. The minimum atomic E-state index is 0.673. The predicted molar refractivity (Wildman–Crippen MR) is 73.1 cm³/mol. The summed E-state index contributed by atoms with van der Waals surface area (Å²) in [6.07, 6.45) is 2.67. The molecule has 0 bridgehead atoms. The Morgan fingerprint density at radius 3 is 3.07 bits per heavy atom. The van der Waals surface area contributed by atoms with Gasteiger partial charge in [0, 0.05) is 21.1 Å². The summed E-state index contributed by atoms with van der Waals surface area (Å²) in [6.45, 7) is 0. The topological polar surface area (TPSA) is 12.0 Å². The van der Waals surface area contributed by atoms with Gasteiger partial charge in [0.15, 0.2) is 0 Å². The first-order chi connectivity index (χ1) is 6.84. The molecule has 1 aliphatic rings. The van der Waals surface area contributed by atoms with Crippen LogP contribution in [0.1, 0.15) is 12.8 Å². The molecule has 1 atom stereocenters. The number of anilines is 1. The van der Waals surface area contributed by atoms with E-state index in [4.69, 9.17) is 0 Å². The van der Waals surface area contributed by atoms with Crippen molar-refractivity contribution in [2.75, 3.05) is 16.8 Å². The van der Waals surface area contributed by atoms with Crippen LogP contribution in [0.2, 0.25) is 0 Å². The number of benzene rings is 1. The molecule has 0 aliphatic carbocycles. The summed E-state index contributed by atoms with van der Waals surface area (Å²) in [7, 11) is 0. The van der Waals surface area contributed by atoms with Gasteiger partial charge in [-0.2, -0.15) is 11.8 Å². The first-order valence-corrected chi connectivity index (χ1v) is 7.18. The lowest BCUT2D eigenvalue weighted by Gasteiger charge is -2.23. The van der Waals surface area contributed by atoms with Crippen molar-refractivity contribution in [1.82, 2.24) is 0 Å². The van der Waals surface area contributed by atoms with Crippen LogP contribution in [0.3, 0.4) is 0 Å². The molecule has 0 amide bonds. The molecule has 0 saturated carbocycles. The number of halogens is 1. The van der Waals surface area contributed by atoms with Gasteiger partial charge < -0.3 is 5.32 Å². The van der Waals surface area contributed by atoms with E-state index in [9.17, 15) is 0 Å². The molecule has 1 fully saturated rings. The molecule has 1 nitrogen and oxygen atoms in total. The van der Waals surface area contributed by atoms with E-state index in [0.29, 0.717) is 6.04 Å². The van der Waals surface area contributed by atoms with Crippen LogP contribution in [-0.4, -0.2) is 17.5 Å². The van der Waals surface area contributed by atoms with Gasteiger partial charge in [0.2, 0.25) is 0 Å². The van der Waals surface area contributed by atoms with Crippen LogP contribution in [0.15, 0.2) is 24.3 Å². The molecule has 1 aliphatic heterocycles. The summed E-state index contributed by atoms with van der Waals surface area (Å²) in [6, 6.07) is 9.27. The number of nitrogens with one attached hydrogen (secondary N) is 1. The molecule has 3 heteroatoms. The second-order valence-electron chi connectivity index (χ2n) is 3.57. The highest BCUT2D eigenvalue weighted by Crippen LogP contribution is 2.21. The third-order valence-electron chi connectivity index (χ3n) is 2.36. The van der Waals surface area contributed by atoms with Crippen molar-refractivity contribution < 1.29 is 0 Å². The summed E-state index contributed by atoms with van der Waals surface area (Å²) < 4.78 is 1.30. The van der Waals surface area contributed by atoms with Crippen LogP contribution in [0.4, 0.5) is 5.69 Å². The van der Waals surface area contributed by atoms with Crippen molar-refractivity contribution in [3.8, 4) is 0 Å². The van der Waals surface area contributed by atoms with Crippen molar-refractivity contribution in [1.29, 1.82) is 0 Å². The van der Waals surface area contributed by atoms with Gasteiger partial charge in [-0.1, -0.05) is 6.07 Å². The van der Waals surface area contributed by atoms with Crippen LogP contribution >= 0.6 is 34.4 Å². The zero-order valence-electron chi connectivity index (χ0n) is 8.00. The van der Waals surface area contributed by atoms with E-state index in [1.54, 1.807) is 0 Å². The SMILES string of the molecule is Ic1cccc(N[C@H]2CCCSC2)c1. The van der Waals surface area contributed by atoms with Gasteiger partial charge in [0.25, 0.3) is 0 Å². The Hall–Kier alpha value is 0.1000. The third-order valence-corrected chi connectivity index (χ3v) is 4.24. The number of hydrogen-bond acceptors (Lipinski definition) is 2. The monoisotopic (exact) mass is 319 g/mol. The second kappa shape index (κ2) is 5.26. The van der Waals surface area contributed by atoms with Crippen LogP contribution in [0, 0.1) is 3.57 Å². The minimum absolute atomic E-state index is 0.673. The Kier molecular flexibility index (Phi) is 3.99. The summed E-state index contributed by atoms with van der Waals surface area (Å²) in [5, 5.41) is 3.60. The Balaban J connectivity index is 1.95. The molecule has 0 aromatic heterocycles. The molecular formula is C11H14INS. The van der Waals surface area contributed by atoms with Gasteiger partial charge in [-0.15, -0.1) is 0 Å². The first kappa shape index (κ1) is 10.6. The van der Waals surface area contributed by atoms with E-state index in [2.05, 4.69) is 63.9 Å². The molecular weight excluding hydrogens is 305 g/mol. The van der Waals surface area contributed by atoms with Gasteiger partial charge >= 0.3 is 0 Å². The van der Waals surface area contributed by atoms with Crippen molar-refractivity contribution >= 4 is 40.0 Å². The standard InChI is InChI=1S/C11H14INS/c12-9-3-1-4-10(7-9)13-11-5-2-6-14-8-11/h1,3-4,7,11,13H,2,5-6,8H2/t11-/m0/s1. The van der Waals surface area contributed by atoms with Crippen LogP contribution < -0.4 is 5.32 Å². The lowest BCUT2D eigenvalue weighted by Crippen LogP contribution is -2.25. The molecule has 2 rings (SSSR count). The minimum Gasteiger partial charge on any atom is -0.381 e. The van der Waals surface area contributed by atoms with E-state index in [1.807, 2.05) is 0 Å². The summed E-state index contributed by atoms with van der Waals surface area (Å²) >= 11 is 4.42. The predicted octanol–water partition coefficient (Wildman–Crippen LogP) is 3.60. The van der Waals surface area contributed by atoms with Gasteiger partial charge in [0.05, 0.1) is 0 Å². The van der Waals surface area contributed by atoms with Gasteiger partial charge in [-0.25, -0.2) is 0 Å². The molecule has 14 heavy (non-hydrogen) atoms. The lowest BCUT2D eigenvalue weighted by molar-refractivity contribution is 0.685. The highest BCUT2D eigenvalue weighted by atomic mass is 127. The molecule has 1 heterocycles. The lowest BCUT2D eigenvalue weighted by atomic mass is 10.2. The normalized spacial score (nSPS) is 21.9. The van der Waals surface area contributed by atoms with E-state index < -0.39 is 0 Å². The Morgan fingerprint density at radius 1 is 1.43 bits per heavy atom. The number of hydrogen-bond donors (Lipinski definition) is 1. The van der Waals surface area contributed by atoms with Crippen molar-refractivity contribution in [3.05, 3.63) is 27.8 Å². The van der Waals surface area contributed by atoms with E-state index >= 15 is 0 Å².